The first-order chi connectivity index (χ1) is 10.3. The lowest BCUT2D eigenvalue weighted by molar-refractivity contribution is -0.0792. The minimum atomic E-state index is 0.116. The first kappa shape index (κ1) is 14.9. The summed E-state index contributed by atoms with van der Waals surface area (Å²) in [7, 11) is 2.01. The maximum Gasteiger partial charge on any atom is 0.124 e. The highest BCUT2D eigenvalue weighted by Crippen LogP contribution is 2.36. The van der Waals surface area contributed by atoms with Gasteiger partial charge in [0.25, 0.3) is 0 Å². The second-order valence-corrected chi connectivity index (χ2v) is 6.35. The topological polar surface area (TPSA) is 30.5 Å². The number of hydrogen-bond donors (Lipinski definition) is 1. The number of para-hydroxylation sites is 1. The van der Waals surface area contributed by atoms with Crippen LogP contribution in [0, 0.1) is 5.92 Å². The van der Waals surface area contributed by atoms with Crippen molar-refractivity contribution in [3.63, 3.8) is 0 Å². The summed E-state index contributed by atoms with van der Waals surface area (Å²) in [4.78, 5) is 0. The Morgan fingerprint density at radius 1 is 1.29 bits per heavy atom. The predicted molar refractivity (Wildman–Crippen MR) is 84.6 cm³/mol. The molecular formula is C18H27NO2. The molecule has 21 heavy (non-hydrogen) atoms. The number of hydrogen-bond acceptors (Lipinski definition) is 3. The van der Waals surface area contributed by atoms with Gasteiger partial charge in [-0.1, -0.05) is 44.4 Å². The molecule has 3 nitrogen and oxygen atoms in total. The van der Waals surface area contributed by atoms with Crippen LogP contribution in [-0.4, -0.2) is 25.9 Å². The van der Waals surface area contributed by atoms with Crippen LogP contribution in [0.15, 0.2) is 24.3 Å². The summed E-state index contributed by atoms with van der Waals surface area (Å²) in [5, 5.41) is 3.42. The molecule has 2 aliphatic rings. The Hall–Kier alpha value is -1.06. The first-order valence-electron chi connectivity index (χ1n) is 8.36. The van der Waals surface area contributed by atoms with Crippen LogP contribution in [0.25, 0.3) is 0 Å². The van der Waals surface area contributed by atoms with Crippen LogP contribution in [0.1, 0.15) is 50.6 Å². The van der Waals surface area contributed by atoms with Crippen LogP contribution >= 0.6 is 0 Å². The van der Waals surface area contributed by atoms with Gasteiger partial charge in [0, 0.05) is 5.56 Å². The smallest absolute Gasteiger partial charge is 0.124 e. The van der Waals surface area contributed by atoms with E-state index in [1.54, 1.807) is 0 Å². The number of ether oxygens (including phenoxy) is 2. The van der Waals surface area contributed by atoms with Crippen molar-refractivity contribution in [2.24, 2.45) is 5.92 Å². The summed E-state index contributed by atoms with van der Waals surface area (Å²) in [5.74, 6) is 1.83. The van der Waals surface area contributed by atoms with E-state index in [4.69, 9.17) is 9.47 Å². The van der Waals surface area contributed by atoms with Crippen molar-refractivity contribution >= 4 is 0 Å². The van der Waals surface area contributed by atoms with Gasteiger partial charge in [0.2, 0.25) is 0 Å². The molecule has 1 aromatic carbocycles. The summed E-state index contributed by atoms with van der Waals surface area (Å²) in [5.41, 5.74) is 1.22. The Bertz CT molecular complexity index is 462. The average molecular weight is 289 g/mol. The van der Waals surface area contributed by atoms with Gasteiger partial charge in [0.1, 0.15) is 18.5 Å². The standard InChI is InChI=1S/C18H27NO2/c1-3-13-7-6-8-14(11-13)21-17-12-20-16-10-5-4-9-15(16)18(17)19-2/h4-5,9-10,13-14,17-19H,3,6-8,11-12H2,1-2H3. The molecule has 0 saturated heterocycles. The van der Waals surface area contributed by atoms with Gasteiger partial charge in [-0.15, -0.1) is 0 Å². The molecule has 0 aromatic heterocycles. The molecule has 3 heteroatoms. The number of rotatable bonds is 4. The molecule has 1 N–H and O–H groups in total. The highest BCUT2D eigenvalue weighted by molar-refractivity contribution is 5.38. The number of likely N-dealkylation sites (N-methyl/N-ethyl adjacent to an activating group) is 1. The van der Waals surface area contributed by atoms with E-state index in [-0.39, 0.29) is 12.1 Å². The van der Waals surface area contributed by atoms with E-state index in [9.17, 15) is 0 Å². The number of fused-ring (bicyclic) bond motifs is 1. The van der Waals surface area contributed by atoms with E-state index in [2.05, 4.69) is 24.4 Å². The van der Waals surface area contributed by atoms with Crippen molar-refractivity contribution in [2.75, 3.05) is 13.7 Å². The fourth-order valence-corrected chi connectivity index (χ4v) is 3.78. The Kier molecular flexibility index (Phi) is 4.81. The van der Waals surface area contributed by atoms with Crippen LogP contribution in [0.5, 0.6) is 5.75 Å². The molecule has 1 saturated carbocycles. The first-order valence-corrected chi connectivity index (χ1v) is 8.36. The van der Waals surface area contributed by atoms with Gasteiger partial charge in [-0.05, 0) is 31.9 Å². The molecule has 1 aromatic rings. The lowest BCUT2D eigenvalue weighted by Crippen LogP contribution is -2.42. The maximum absolute atomic E-state index is 6.44. The number of nitrogens with one attached hydrogen (secondary N) is 1. The molecule has 0 bridgehead atoms. The molecule has 4 atom stereocenters. The van der Waals surface area contributed by atoms with E-state index in [0.29, 0.717) is 12.7 Å². The third kappa shape index (κ3) is 3.24. The molecule has 1 heterocycles. The van der Waals surface area contributed by atoms with Gasteiger partial charge in [-0.3, -0.25) is 0 Å². The van der Waals surface area contributed by atoms with Crippen molar-refractivity contribution in [1.82, 2.24) is 5.32 Å². The van der Waals surface area contributed by atoms with Crippen molar-refractivity contribution in [1.29, 1.82) is 0 Å². The summed E-state index contributed by atoms with van der Waals surface area (Å²) in [6.07, 6.45) is 6.88. The Morgan fingerprint density at radius 2 is 2.14 bits per heavy atom. The molecule has 0 radical (unpaired) electrons. The Labute approximate surface area is 128 Å². The van der Waals surface area contributed by atoms with Crippen LogP contribution in [0.2, 0.25) is 0 Å². The van der Waals surface area contributed by atoms with Gasteiger partial charge in [0.05, 0.1) is 12.1 Å². The normalized spacial score (nSPS) is 32.3. The van der Waals surface area contributed by atoms with Gasteiger partial charge in [-0.25, -0.2) is 0 Å². The second-order valence-electron chi connectivity index (χ2n) is 6.35. The molecule has 0 amide bonds. The molecular weight excluding hydrogens is 262 g/mol. The highest BCUT2D eigenvalue weighted by atomic mass is 16.5. The number of benzene rings is 1. The largest absolute Gasteiger partial charge is 0.490 e. The molecule has 116 valence electrons. The van der Waals surface area contributed by atoms with E-state index >= 15 is 0 Å². The summed E-state index contributed by atoms with van der Waals surface area (Å²) < 4.78 is 12.3. The maximum atomic E-state index is 6.44. The van der Waals surface area contributed by atoms with Crippen LogP contribution < -0.4 is 10.1 Å². The Balaban J connectivity index is 1.68. The summed E-state index contributed by atoms with van der Waals surface area (Å²) in [6, 6.07) is 8.52. The van der Waals surface area contributed by atoms with E-state index in [1.807, 2.05) is 19.2 Å². The van der Waals surface area contributed by atoms with Gasteiger partial charge in [-0.2, -0.15) is 0 Å². The lowest BCUT2D eigenvalue weighted by atomic mass is 9.85. The van der Waals surface area contributed by atoms with E-state index in [0.717, 1.165) is 11.7 Å². The molecule has 1 fully saturated rings. The molecule has 3 rings (SSSR count). The van der Waals surface area contributed by atoms with E-state index in [1.165, 1.54) is 37.7 Å². The van der Waals surface area contributed by atoms with Gasteiger partial charge >= 0.3 is 0 Å². The zero-order valence-corrected chi connectivity index (χ0v) is 13.2. The quantitative estimate of drug-likeness (QED) is 0.917. The zero-order valence-electron chi connectivity index (χ0n) is 13.2. The second kappa shape index (κ2) is 6.80. The summed E-state index contributed by atoms with van der Waals surface area (Å²) >= 11 is 0. The third-order valence-electron chi connectivity index (χ3n) is 5.02. The predicted octanol–water partition coefficient (Wildman–Crippen LogP) is 3.69. The fraction of sp³-hybridized carbons (Fsp3) is 0.667. The molecule has 4 unspecified atom stereocenters. The summed E-state index contributed by atoms with van der Waals surface area (Å²) in [6.45, 7) is 2.94. The van der Waals surface area contributed by atoms with Crippen molar-refractivity contribution in [3.8, 4) is 5.75 Å². The minimum absolute atomic E-state index is 0.116. The lowest BCUT2D eigenvalue weighted by Gasteiger charge is -2.37. The van der Waals surface area contributed by atoms with Gasteiger partial charge < -0.3 is 14.8 Å². The third-order valence-corrected chi connectivity index (χ3v) is 5.02. The minimum Gasteiger partial charge on any atom is -0.490 e. The van der Waals surface area contributed by atoms with Crippen molar-refractivity contribution in [2.45, 2.75) is 57.3 Å². The van der Waals surface area contributed by atoms with Crippen molar-refractivity contribution in [3.05, 3.63) is 29.8 Å². The molecule has 1 aliphatic heterocycles. The Morgan fingerprint density at radius 3 is 2.95 bits per heavy atom. The fourth-order valence-electron chi connectivity index (χ4n) is 3.78. The average Bonchev–Trinajstić information content (AvgIpc) is 2.55. The monoisotopic (exact) mass is 289 g/mol. The van der Waals surface area contributed by atoms with Crippen LogP contribution in [0.3, 0.4) is 0 Å². The molecule has 0 spiro atoms. The zero-order chi connectivity index (χ0) is 14.7. The van der Waals surface area contributed by atoms with Gasteiger partial charge in [0.15, 0.2) is 0 Å². The SMILES string of the molecule is CCC1CCCC(OC2COc3ccccc3C2NC)C1. The van der Waals surface area contributed by atoms with Crippen LogP contribution in [0.4, 0.5) is 0 Å². The highest BCUT2D eigenvalue weighted by Gasteiger charge is 2.33. The van der Waals surface area contributed by atoms with Crippen molar-refractivity contribution < 1.29 is 9.47 Å². The van der Waals surface area contributed by atoms with Crippen LogP contribution in [-0.2, 0) is 4.74 Å². The van der Waals surface area contributed by atoms with E-state index < -0.39 is 0 Å². The molecule has 1 aliphatic carbocycles.